The Labute approximate surface area is 112 Å². The zero-order valence-electron chi connectivity index (χ0n) is 9.18. The molecule has 4 nitrogen and oxygen atoms in total. The number of nitrogens with one attached hydrogen (secondary N) is 1. The molecule has 17 heavy (non-hydrogen) atoms. The zero-order valence-corrected chi connectivity index (χ0v) is 11.6. The smallest absolute Gasteiger partial charge is 0.142 e. The lowest BCUT2D eigenvalue weighted by atomic mass is 10.1. The molecule has 0 saturated heterocycles. The van der Waals surface area contributed by atoms with Crippen molar-refractivity contribution in [3.05, 3.63) is 44.8 Å². The molecule has 2 aromatic rings. The van der Waals surface area contributed by atoms with E-state index in [0.29, 0.717) is 0 Å². The standard InChI is InChI=1S/C11H12BrN3OS/c1-16-7-3-2-6-14-10(7)11(15-13)8-4-5-9(12)17-8/h2-6,11,15H,13H2,1H3. The molecular weight excluding hydrogens is 302 g/mol. The Hall–Kier alpha value is -0.950. The van der Waals surface area contributed by atoms with Gasteiger partial charge in [-0.1, -0.05) is 0 Å². The Kier molecular flexibility index (Phi) is 4.11. The van der Waals surface area contributed by atoms with E-state index in [1.165, 1.54) is 0 Å². The SMILES string of the molecule is COc1cccnc1C(NN)c1ccc(Br)s1. The minimum atomic E-state index is -0.164. The van der Waals surface area contributed by atoms with Crippen LogP contribution in [0.4, 0.5) is 0 Å². The lowest BCUT2D eigenvalue weighted by Crippen LogP contribution is -2.29. The summed E-state index contributed by atoms with van der Waals surface area (Å²) in [5.41, 5.74) is 3.55. The van der Waals surface area contributed by atoms with Crippen molar-refractivity contribution >= 4 is 27.3 Å². The van der Waals surface area contributed by atoms with Gasteiger partial charge in [0, 0.05) is 11.1 Å². The van der Waals surface area contributed by atoms with E-state index in [2.05, 4.69) is 26.3 Å². The number of nitrogens with zero attached hydrogens (tertiary/aromatic N) is 1. The molecule has 90 valence electrons. The molecule has 2 rings (SSSR count). The summed E-state index contributed by atoms with van der Waals surface area (Å²) in [6.45, 7) is 0. The summed E-state index contributed by atoms with van der Waals surface area (Å²) >= 11 is 5.05. The Morgan fingerprint density at radius 1 is 1.47 bits per heavy atom. The molecule has 0 aliphatic carbocycles. The second-order valence-corrected chi connectivity index (χ2v) is 5.83. The van der Waals surface area contributed by atoms with E-state index in [-0.39, 0.29) is 6.04 Å². The maximum absolute atomic E-state index is 5.62. The van der Waals surface area contributed by atoms with Crippen molar-refractivity contribution in [2.24, 2.45) is 5.84 Å². The van der Waals surface area contributed by atoms with Crippen LogP contribution in [-0.2, 0) is 0 Å². The summed E-state index contributed by atoms with van der Waals surface area (Å²) in [5.74, 6) is 6.34. The van der Waals surface area contributed by atoms with E-state index in [4.69, 9.17) is 10.6 Å². The van der Waals surface area contributed by atoms with Gasteiger partial charge in [-0.15, -0.1) is 11.3 Å². The minimum absolute atomic E-state index is 0.164. The van der Waals surface area contributed by atoms with Crippen LogP contribution in [0.5, 0.6) is 5.75 Å². The Balaban J connectivity index is 2.41. The molecule has 6 heteroatoms. The fraction of sp³-hybridized carbons (Fsp3) is 0.182. The van der Waals surface area contributed by atoms with Crippen molar-refractivity contribution in [2.75, 3.05) is 7.11 Å². The van der Waals surface area contributed by atoms with Crippen LogP contribution < -0.4 is 16.0 Å². The lowest BCUT2D eigenvalue weighted by molar-refractivity contribution is 0.401. The number of hydrogen-bond donors (Lipinski definition) is 2. The molecule has 0 radical (unpaired) electrons. The van der Waals surface area contributed by atoms with Crippen LogP contribution in [0.3, 0.4) is 0 Å². The third-order valence-electron chi connectivity index (χ3n) is 2.34. The zero-order chi connectivity index (χ0) is 12.3. The van der Waals surface area contributed by atoms with Crippen molar-refractivity contribution in [2.45, 2.75) is 6.04 Å². The molecule has 0 amide bonds. The first-order valence-electron chi connectivity index (χ1n) is 4.96. The van der Waals surface area contributed by atoms with Gasteiger partial charge >= 0.3 is 0 Å². The van der Waals surface area contributed by atoms with Gasteiger partial charge in [-0.3, -0.25) is 10.8 Å². The highest BCUT2D eigenvalue weighted by Gasteiger charge is 2.19. The number of hydrogen-bond acceptors (Lipinski definition) is 5. The second-order valence-electron chi connectivity index (χ2n) is 3.33. The molecule has 2 heterocycles. The van der Waals surface area contributed by atoms with Crippen LogP contribution in [0.25, 0.3) is 0 Å². The number of thiophene rings is 1. The lowest BCUT2D eigenvalue weighted by Gasteiger charge is -2.16. The monoisotopic (exact) mass is 313 g/mol. The average Bonchev–Trinajstić information content (AvgIpc) is 2.77. The number of halogens is 1. The Bertz CT molecular complexity index is 503. The van der Waals surface area contributed by atoms with E-state index in [1.54, 1.807) is 24.6 Å². The molecule has 0 aromatic carbocycles. The number of nitrogens with two attached hydrogens (primary N) is 1. The van der Waals surface area contributed by atoms with Crippen molar-refractivity contribution in [1.29, 1.82) is 0 Å². The molecule has 0 aliphatic heterocycles. The highest BCUT2D eigenvalue weighted by Crippen LogP contribution is 2.33. The van der Waals surface area contributed by atoms with E-state index in [1.807, 2.05) is 24.3 Å². The van der Waals surface area contributed by atoms with Gasteiger partial charge in [0.1, 0.15) is 17.5 Å². The van der Waals surface area contributed by atoms with E-state index >= 15 is 0 Å². The predicted octanol–water partition coefficient (Wildman–Crippen LogP) is 2.47. The van der Waals surface area contributed by atoms with Crippen LogP contribution in [-0.4, -0.2) is 12.1 Å². The number of pyridine rings is 1. The molecule has 1 unspecified atom stereocenters. The molecule has 2 aromatic heterocycles. The molecule has 0 saturated carbocycles. The highest BCUT2D eigenvalue weighted by atomic mass is 79.9. The Morgan fingerprint density at radius 2 is 2.29 bits per heavy atom. The first-order valence-corrected chi connectivity index (χ1v) is 6.57. The number of rotatable bonds is 4. The summed E-state index contributed by atoms with van der Waals surface area (Å²) in [5, 5.41) is 0. The highest BCUT2D eigenvalue weighted by molar-refractivity contribution is 9.11. The predicted molar refractivity (Wildman–Crippen MR) is 72.0 cm³/mol. The molecule has 0 bridgehead atoms. The van der Waals surface area contributed by atoms with Gasteiger partial charge in [0.05, 0.1) is 10.9 Å². The summed E-state index contributed by atoms with van der Waals surface area (Å²) in [6.07, 6.45) is 1.73. The van der Waals surface area contributed by atoms with Crippen LogP contribution in [0.2, 0.25) is 0 Å². The molecule has 3 N–H and O–H groups in total. The van der Waals surface area contributed by atoms with Crippen LogP contribution >= 0.6 is 27.3 Å². The van der Waals surface area contributed by atoms with Crippen LogP contribution in [0.15, 0.2) is 34.2 Å². The van der Waals surface area contributed by atoms with Gasteiger partial charge in [-0.05, 0) is 40.2 Å². The van der Waals surface area contributed by atoms with E-state index in [0.717, 1.165) is 20.1 Å². The maximum atomic E-state index is 5.62. The first kappa shape index (κ1) is 12.5. The minimum Gasteiger partial charge on any atom is -0.495 e. The summed E-state index contributed by atoms with van der Waals surface area (Å²) in [4.78, 5) is 5.41. The van der Waals surface area contributed by atoms with Crippen molar-refractivity contribution in [1.82, 2.24) is 10.4 Å². The summed E-state index contributed by atoms with van der Waals surface area (Å²) < 4.78 is 6.35. The van der Waals surface area contributed by atoms with Gasteiger partial charge in [-0.2, -0.15) is 0 Å². The fourth-order valence-electron chi connectivity index (χ4n) is 1.57. The number of methoxy groups -OCH3 is 1. The quantitative estimate of drug-likeness (QED) is 0.672. The van der Waals surface area contributed by atoms with Gasteiger partial charge in [0.2, 0.25) is 0 Å². The largest absolute Gasteiger partial charge is 0.495 e. The third-order valence-corrected chi connectivity index (χ3v) is 4.03. The summed E-state index contributed by atoms with van der Waals surface area (Å²) in [7, 11) is 1.62. The van der Waals surface area contributed by atoms with Gasteiger partial charge in [0.15, 0.2) is 0 Å². The molecular formula is C11H12BrN3OS. The molecule has 1 atom stereocenters. The van der Waals surface area contributed by atoms with Crippen molar-refractivity contribution < 1.29 is 4.74 Å². The van der Waals surface area contributed by atoms with Gasteiger partial charge in [-0.25, -0.2) is 5.43 Å². The van der Waals surface area contributed by atoms with E-state index < -0.39 is 0 Å². The van der Waals surface area contributed by atoms with Crippen LogP contribution in [0, 0.1) is 0 Å². The summed E-state index contributed by atoms with van der Waals surface area (Å²) in [6, 6.07) is 7.53. The van der Waals surface area contributed by atoms with Crippen molar-refractivity contribution in [3.8, 4) is 5.75 Å². The molecule has 0 aliphatic rings. The van der Waals surface area contributed by atoms with Crippen molar-refractivity contribution in [3.63, 3.8) is 0 Å². The fourth-order valence-corrected chi connectivity index (χ4v) is 3.06. The number of hydrazine groups is 1. The van der Waals surface area contributed by atoms with Gasteiger partial charge < -0.3 is 4.74 Å². The maximum Gasteiger partial charge on any atom is 0.142 e. The van der Waals surface area contributed by atoms with Crippen LogP contribution in [0.1, 0.15) is 16.6 Å². The number of aromatic nitrogens is 1. The Morgan fingerprint density at radius 3 is 2.88 bits per heavy atom. The normalized spacial score (nSPS) is 12.4. The number of ether oxygens (including phenoxy) is 1. The van der Waals surface area contributed by atoms with Gasteiger partial charge in [0.25, 0.3) is 0 Å². The molecule has 0 fully saturated rings. The second kappa shape index (κ2) is 5.59. The topological polar surface area (TPSA) is 60.2 Å². The average molecular weight is 314 g/mol. The third kappa shape index (κ3) is 2.66. The molecule has 0 spiro atoms. The first-order chi connectivity index (χ1) is 8.26. The van der Waals surface area contributed by atoms with E-state index in [9.17, 15) is 0 Å².